The molecule has 0 aliphatic heterocycles. The molecule has 0 radical (unpaired) electrons. The zero-order chi connectivity index (χ0) is 19.4. The van der Waals surface area contributed by atoms with Gasteiger partial charge in [-0.3, -0.25) is 4.79 Å². The van der Waals surface area contributed by atoms with Crippen LogP contribution in [0.1, 0.15) is 30.0 Å². The summed E-state index contributed by atoms with van der Waals surface area (Å²) in [7, 11) is 3.16. The van der Waals surface area contributed by atoms with Crippen molar-refractivity contribution in [3.8, 4) is 11.5 Å². The molecule has 1 unspecified atom stereocenters. The molecule has 142 valence electrons. The summed E-state index contributed by atoms with van der Waals surface area (Å²) < 4.78 is 10.7. The molecule has 1 aliphatic rings. The Bertz CT molecular complexity index is 860. The maximum absolute atomic E-state index is 12.3. The average molecular weight is 367 g/mol. The highest BCUT2D eigenvalue weighted by atomic mass is 16.5. The average Bonchev–Trinajstić information content (AvgIpc) is 3.02. The molecule has 0 spiro atoms. The van der Waals surface area contributed by atoms with Crippen LogP contribution in [0.5, 0.6) is 11.5 Å². The van der Waals surface area contributed by atoms with Gasteiger partial charge in [0.15, 0.2) is 11.5 Å². The molecule has 0 bridgehead atoms. The zero-order valence-corrected chi connectivity index (χ0v) is 15.9. The summed E-state index contributed by atoms with van der Waals surface area (Å²) in [6.07, 6.45) is 2.82. The minimum atomic E-state index is -1.11. The molecule has 1 atom stereocenters. The van der Waals surface area contributed by atoms with Gasteiger partial charge in [0.05, 0.1) is 20.8 Å². The number of benzene rings is 2. The van der Waals surface area contributed by atoms with Gasteiger partial charge in [-0.05, 0) is 54.2 Å². The van der Waals surface area contributed by atoms with E-state index in [0.717, 1.165) is 28.7 Å². The van der Waals surface area contributed by atoms with E-state index >= 15 is 0 Å². The van der Waals surface area contributed by atoms with Crippen LogP contribution in [0.25, 0.3) is 5.57 Å². The molecule has 0 fully saturated rings. The highest BCUT2D eigenvalue weighted by Gasteiger charge is 2.38. The smallest absolute Gasteiger partial charge is 0.244 e. The van der Waals surface area contributed by atoms with Crippen molar-refractivity contribution < 1.29 is 19.4 Å². The second-order valence-electron chi connectivity index (χ2n) is 6.81. The molecule has 2 aromatic rings. The molecule has 0 aromatic heterocycles. The van der Waals surface area contributed by atoms with E-state index in [1.807, 2.05) is 43.3 Å². The van der Waals surface area contributed by atoms with Crippen molar-refractivity contribution in [2.75, 3.05) is 20.8 Å². The first-order chi connectivity index (χ1) is 13.0. The van der Waals surface area contributed by atoms with Gasteiger partial charge in [0.1, 0.15) is 5.60 Å². The van der Waals surface area contributed by atoms with Crippen LogP contribution in [0.4, 0.5) is 0 Å². The predicted octanol–water partition coefficient (Wildman–Crippen LogP) is 3.06. The van der Waals surface area contributed by atoms with Crippen molar-refractivity contribution in [3.63, 3.8) is 0 Å². The van der Waals surface area contributed by atoms with Gasteiger partial charge in [-0.1, -0.05) is 30.3 Å². The largest absolute Gasteiger partial charge is 0.493 e. The number of amides is 1. The fourth-order valence-electron chi connectivity index (χ4n) is 3.49. The van der Waals surface area contributed by atoms with Crippen LogP contribution < -0.4 is 14.8 Å². The number of aliphatic hydroxyl groups is 1. The van der Waals surface area contributed by atoms with Crippen molar-refractivity contribution in [1.82, 2.24) is 5.32 Å². The van der Waals surface area contributed by atoms with Crippen LogP contribution in [0.3, 0.4) is 0 Å². The van der Waals surface area contributed by atoms with Gasteiger partial charge in [0, 0.05) is 6.08 Å². The van der Waals surface area contributed by atoms with Gasteiger partial charge in [-0.25, -0.2) is 0 Å². The van der Waals surface area contributed by atoms with E-state index in [4.69, 9.17) is 9.47 Å². The molecule has 2 aromatic carbocycles. The normalized spacial score (nSPS) is 18.7. The Morgan fingerprint density at radius 3 is 2.52 bits per heavy atom. The second kappa shape index (κ2) is 7.84. The van der Waals surface area contributed by atoms with Crippen molar-refractivity contribution in [3.05, 3.63) is 65.2 Å². The third-order valence-electron chi connectivity index (χ3n) is 5.05. The lowest BCUT2D eigenvalue weighted by atomic mass is 9.95. The minimum Gasteiger partial charge on any atom is -0.493 e. The van der Waals surface area contributed by atoms with E-state index in [1.165, 1.54) is 0 Å². The molecule has 3 rings (SSSR count). The Morgan fingerprint density at radius 2 is 1.85 bits per heavy atom. The van der Waals surface area contributed by atoms with Gasteiger partial charge >= 0.3 is 0 Å². The monoisotopic (exact) mass is 367 g/mol. The van der Waals surface area contributed by atoms with Crippen molar-refractivity contribution in [1.29, 1.82) is 0 Å². The lowest BCUT2D eigenvalue weighted by molar-refractivity contribution is -0.117. The Kier molecular flexibility index (Phi) is 5.51. The number of aryl methyl sites for hydroxylation is 1. The van der Waals surface area contributed by atoms with Crippen LogP contribution >= 0.6 is 0 Å². The first-order valence-corrected chi connectivity index (χ1v) is 8.96. The minimum absolute atomic E-state index is 0.146. The van der Waals surface area contributed by atoms with Crippen molar-refractivity contribution in [2.24, 2.45) is 0 Å². The number of hydrogen-bond donors (Lipinski definition) is 2. The van der Waals surface area contributed by atoms with Crippen LogP contribution in [0, 0.1) is 0 Å². The Balaban J connectivity index is 1.73. The molecule has 0 heterocycles. The van der Waals surface area contributed by atoms with E-state index in [9.17, 15) is 9.90 Å². The fraction of sp³-hybridized carbons (Fsp3) is 0.318. The molecule has 1 aliphatic carbocycles. The quantitative estimate of drug-likeness (QED) is 0.770. The standard InChI is InChI=1S/C22H25NO4/c1-15(16-7-5-4-6-8-16)11-21(24)23-14-22(25)10-9-17-12-19(26-2)20(27-3)13-18(17)22/h4-8,11-13,25H,9-10,14H2,1-3H3,(H,23,24)/b15-11+. The number of nitrogens with one attached hydrogen (secondary N) is 1. The van der Waals surface area contributed by atoms with Gasteiger partial charge < -0.3 is 19.9 Å². The Morgan fingerprint density at radius 1 is 1.19 bits per heavy atom. The summed E-state index contributed by atoms with van der Waals surface area (Å²) in [6.45, 7) is 2.04. The van der Waals surface area contributed by atoms with Crippen molar-refractivity contribution >= 4 is 11.5 Å². The topological polar surface area (TPSA) is 67.8 Å². The summed E-state index contributed by atoms with van der Waals surface area (Å²) >= 11 is 0. The van der Waals surface area contributed by atoms with Crippen LogP contribution in [-0.2, 0) is 16.8 Å². The predicted molar refractivity (Wildman–Crippen MR) is 105 cm³/mol. The maximum atomic E-state index is 12.3. The molecular weight excluding hydrogens is 342 g/mol. The van der Waals surface area contributed by atoms with Crippen molar-refractivity contribution in [2.45, 2.75) is 25.4 Å². The summed E-state index contributed by atoms with van der Waals surface area (Å²) in [5.74, 6) is 0.993. The van der Waals surface area contributed by atoms with E-state index in [1.54, 1.807) is 26.4 Å². The van der Waals surface area contributed by atoms with E-state index in [2.05, 4.69) is 5.32 Å². The van der Waals surface area contributed by atoms with Crippen LogP contribution in [0.2, 0.25) is 0 Å². The number of carbonyl (C=O) groups is 1. The number of hydrogen-bond acceptors (Lipinski definition) is 4. The molecule has 5 nitrogen and oxygen atoms in total. The molecule has 27 heavy (non-hydrogen) atoms. The van der Waals surface area contributed by atoms with Gasteiger partial charge in [-0.2, -0.15) is 0 Å². The highest BCUT2D eigenvalue weighted by Crippen LogP contribution is 2.42. The van der Waals surface area contributed by atoms with E-state index in [-0.39, 0.29) is 12.5 Å². The lowest BCUT2D eigenvalue weighted by Gasteiger charge is -2.25. The maximum Gasteiger partial charge on any atom is 0.244 e. The molecular formula is C22H25NO4. The lowest BCUT2D eigenvalue weighted by Crippen LogP contribution is -2.38. The summed E-state index contributed by atoms with van der Waals surface area (Å²) in [6, 6.07) is 13.4. The third-order valence-corrected chi connectivity index (χ3v) is 5.05. The third kappa shape index (κ3) is 3.98. The number of rotatable bonds is 6. The first kappa shape index (κ1) is 19.0. The number of fused-ring (bicyclic) bond motifs is 1. The SMILES string of the molecule is COc1cc2c(cc1OC)C(O)(CNC(=O)/C=C(\C)c1ccccc1)CC2. The Hall–Kier alpha value is -2.79. The number of ether oxygens (including phenoxy) is 2. The summed E-state index contributed by atoms with van der Waals surface area (Å²) in [4.78, 5) is 12.3. The number of allylic oxidation sites excluding steroid dienone is 1. The van der Waals surface area contributed by atoms with Gasteiger partial charge in [0.25, 0.3) is 0 Å². The van der Waals surface area contributed by atoms with Gasteiger partial charge in [0.2, 0.25) is 5.91 Å². The Labute approximate surface area is 159 Å². The number of carbonyl (C=O) groups excluding carboxylic acids is 1. The van der Waals surface area contributed by atoms with Gasteiger partial charge in [-0.15, -0.1) is 0 Å². The number of methoxy groups -OCH3 is 2. The van der Waals surface area contributed by atoms with Crippen LogP contribution in [0.15, 0.2) is 48.5 Å². The summed E-state index contributed by atoms with van der Waals surface area (Å²) in [5, 5.41) is 13.9. The molecule has 0 saturated heterocycles. The fourth-order valence-corrected chi connectivity index (χ4v) is 3.49. The molecule has 0 saturated carbocycles. The molecule has 2 N–H and O–H groups in total. The van der Waals surface area contributed by atoms with Crippen LogP contribution in [-0.4, -0.2) is 31.8 Å². The summed E-state index contributed by atoms with van der Waals surface area (Å²) in [5.41, 5.74) is 2.55. The molecule has 1 amide bonds. The zero-order valence-electron chi connectivity index (χ0n) is 15.9. The first-order valence-electron chi connectivity index (χ1n) is 8.96. The second-order valence-corrected chi connectivity index (χ2v) is 6.81. The highest BCUT2D eigenvalue weighted by molar-refractivity contribution is 5.94. The molecule has 5 heteroatoms. The van der Waals surface area contributed by atoms with E-state index < -0.39 is 5.60 Å². The van der Waals surface area contributed by atoms with E-state index in [0.29, 0.717) is 17.9 Å².